The number of amides is 1. The topological polar surface area (TPSA) is 42.0 Å². The minimum atomic E-state index is 0.0438. The van der Waals surface area contributed by atoms with Crippen molar-refractivity contribution in [2.75, 3.05) is 46.4 Å². The van der Waals surface area contributed by atoms with Crippen molar-refractivity contribution in [3.8, 4) is 11.5 Å². The van der Waals surface area contributed by atoms with Crippen molar-refractivity contribution in [3.05, 3.63) is 54.1 Å². The van der Waals surface area contributed by atoms with E-state index in [-0.39, 0.29) is 11.2 Å². The zero-order chi connectivity index (χ0) is 19.3. The lowest BCUT2D eigenvalue weighted by atomic mass is 10.1. The molecule has 2 aliphatic heterocycles. The number of benzene rings is 2. The standard InChI is InChI=1S/C22H26N2O3S/c1-26-18-6-8-19(9-7-18)27-15-14-23-10-12-24(13-11-23)22(25)21-16-17-4-2-3-5-20(17)28-21/h2-9,21H,10-16H2,1H3/t21-/m1/s1. The summed E-state index contributed by atoms with van der Waals surface area (Å²) in [6, 6.07) is 16.0. The van der Waals surface area contributed by atoms with Crippen molar-refractivity contribution in [2.45, 2.75) is 16.6 Å². The van der Waals surface area contributed by atoms with E-state index in [2.05, 4.69) is 23.1 Å². The monoisotopic (exact) mass is 398 g/mol. The number of carbonyl (C=O) groups is 1. The Kier molecular flexibility index (Phi) is 6.07. The molecule has 2 aliphatic rings. The van der Waals surface area contributed by atoms with E-state index >= 15 is 0 Å². The van der Waals surface area contributed by atoms with Crippen molar-refractivity contribution in [1.82, 2.24) is 9.80 Å². The van der Waals surface area contributed by atoms with Crippen LogP contribution in [0.25, 0.3) is 0 Å². The molecule has 0 spiro atoms. The second-order valence-electron chi connectivity index (χ2n) is 7.11. The highest BCUT2D eigenvalue weighted by molar-refractivity contribution is 8.01. The largest absolute Gasteiger partial charge is 0.497 e. The Morgan fingerprint density at radius 3 is 2.46 bits per heavy atom. The number of carbonyl (C=O) groups excluding carboxylic acids is 1. The molecule has 28 heavy (non-hydrogen) atoms. The molecule has 148 valence electrons. The van der Waals surface area contributed by atoms with Crippen LogP contribution in [0, 0.1) is 0 Å². The third kappa shape index (κ3) is 4.45. The van der Waals surface area contributed by atoms with Crippen LogP contribution in [-0.2, 0) is 11.2 Å². The predicted molar refractivity (Wildman–Crippen MR) is 111 cm³/mol. The van der Waals surface area contributed by atoms with E-state index < -0.39 is 0 Å². The minimum Gasteiger partial charge on any atom is -0.497 e. The fraction of sp³-hybridized carbons (Fsp3) is 0.409. The van der Waals surface area contributed by atoms with Gasteiger partial charge in [0.2, 0.25) is 5.91 Å². The molecule has 6 heteroatoms. The molecule has 0 aromatic heterocycles. The summed E-state index contributed by atoms with van der Waals surface area (Å²) in [6.07, 6.45) is 0.857. The maximum absolute atomic E-state index is 12.9. The van der Waals surface area contributed by atoms with Gasteiger partial charge in [-0.05, 0) is 42.3 Å². The summed E-state index contributed by atoms with van der Waals surface area (Å²) in [5.41, 5.74) is 1.31. The van der Waals surface area contributed by atoms with Gasteiger partial charge in [0, 0.05) is 37.6 Å². The van der Waals surface area contributed by atoms with E-state index in [1.54, 1.807) is 18.9 Å². The van der Waals surface area contributed by atoms with E-state index in [1.807, 2.05) is 35.2 Å². The van der Waals surface area contributed by atoms with Gasteiger partial charge >= 0.3 is 0 Å². The lowest BCUT2D eigenvalue weighted by molar-refractivity contribution is -0.132. The first-order valence-corrected chi connectivity index (χ1v) is 10.6. The predicted octanol–water partition coefficient (Wildman–Crippen LogP) is 2.94. The van der Waals surface area contributed by atoms with Crippen molar-refractivity contribution in [1.29, 1.82) is 0 Å². The molecular formula is C22H26N2O3S. The van der Waals surface area contributed by atoms with Crippen LogP contribution >= 0.6 is 11.8 Å². The quantitative estimate of drug-likeness (QED) is 0.748. The molecule has 2 heterocycles. The molecule has 2 aromatic carbocycles. The summed E-state index contributed by atoms with van der Waals surface area (Å²) in [7, 11) is 1.66. The number of piperazine rings is 1. The van der Waals surface area contributed by atoms with E-state index in [0.717, 1.165) is 50.6 Å². The van der Waals surface area contributed by atoms with Gasteiger partial charge in [0.1, 0.15) is 18.1 Å². The molecule has 2 aromatic rings. The average molecular weight is 399 g/mol. The molecule has 0 bridgehead atoms. The minimum absolute atomic E-state index is 0.0438. The third-order valence-electron chi connectivity index (χ3n) is 5.34. The Morgan fingerprint density at radius 1 is 1.04 bits per heavy atom. The van der Waals surface area contributed by atoms with Gasteiger partial charge in [0.15, 0.2) is 0 Å². The normalized spacial score (nSPS) is 19.3. The van der Waals surface area contributed by atoms with E-state index in [1.165, 1.54) is 10.5 Å². The molecule has 0 unspecified atom stereocenters. The highest BCUT2D eigenvalue weighted by Gasteiger charge is 2.32. The molecular weight excluding hydrogens is 372 g/mol. The Morgan fingerprint density at radius 2 is 1.75 bits per heavy atom. The summed E-state index contributed by atoms with van der Waals surface area (Å²) < 4.78 is 11.0. The number of hydrogen-bond acceptors (Lipinski definition) is 5. The highest BCUT2D eigenvalue weighted by atomic mass is 32.2. The first-order chi connectivity index (χ1) is 13.7. The van der Waals surface area contributed by atoms with Gasteiger partial charge in [0.25, 0.3) is 0 Å². The molecule has 1 atom stereocenters. The van der Waals surface area contributed by atoms with Crippen molar-refractivity contribution in [3.63, 3.8) is 0 Å². The number of nitrogens with zero attached hydrogens (tertiary/aromatic N) is 2. The van der Waals surface area contributed by atoms with Gasteiger partial charge in [-0.25, -0.2) is 0 Å². The van der Waals surface area contributed by atoms with Crippen LogP contribution in [0.1, 0.15) is 5.56 Å². The van der Waals surface area contributed by atoms with Gasteiger partial charge < -0.3 is 14.4 Å². The lowest BCUT2D eigenvalue weighted by Crippen LogP contribution is -2.51. The van der Waals surface area contributed by atoms with Gasteiger partial charge in [-0.15, -0.1) is 11.8 Å². The second-order valence-corrected chi connectivity index (χ2v) is 8.35. The summed E-state index contributed by atoms with van der Waals surface area (Å²) in [5, 5.41) is 0.0438. The molecule has 5 nitrogen and oxygen atoms in total. The first kappa shape index (κ1) is 19.2. The van der Waals surface area contributed by atoms with E-state index in [0.29, 0.717) is 6.61 Å². The lowest BCUT2D eigenvalue weighted by Gasteiger charge is -2.35. The highest BCUT2D eigenvalue weighted by Crippen LogP contribution is 2.37. The number of fused-ring (bicyclic) bond motifs is 1. The zero-order valence-electron chi connectivity index (χ0n) is 16.2. The molecule has 0 saturated carbocycles. The third-order valence-corrected chi connectivity index (χ3v) is 6.65. The van der Waals surface area contributed by atoms with Gasteiger partial charge in [0.05, 0.1) is 12.4 Å². The molecule has 1 saturated heterocycles. The fourth-order valence-electron chi connectivity index (χ4n) is 3.68. The second kappa shape index (κ2) is 8.88. The SMILES string of the molecule is COc1ccc(OCCN2CCN(C(=O)[C@H]3Cc4ccccc4S3)CC2)cc1. The molecule has 4 rings (SSSR count). The van der Waals surface area contributed by atoms with Crippen molar-refractivity contribution >= 4 is 17.7 Å². The Balaban J connectivity index is 1.19. The van der Waals surface area contributed by atoms with Crippen LogP contribution in [0.2, 0.25) is 0 Å². The fourth-order valence-corrected chi connectivity index (χ4v) is 4.96. The molecule has 0 N–H and O–H groups in total. The number of hydrogen-bond donors (Lipinski definition) is 0. The van der Waals surface area contributed by atoms with E-state index in [9.17, 15) is 4.79 Å². The van der Waals surface area contributed by atoms with E-state index in [4.69, 9.17) is 9.47 Å². The van der Waals surface area contributed by atoms with Crippen molar-refractivity contribution in [2.24, 2.45) is 0 Å². The summed E-state index contributed by atoms with van der Waals surface area (Å²) in [4.78, 5) is 18.5. The van der Waals surface area contributed by atoms with Crippen LogP contribution in [0.15, 0.2) is 53.4 Å². The maximum Gasteiger partial charge on any atom is 0.236 e. The van der Waals surface area contributed by atoms with Crippen LogP contribution in [0.3, 0.4) is 0 Å². The van der Waals surface area contributed by atoms with Crippen LogP contribution in [-0.4, -0.2) is 67.4 Å². The Hall–Kier alpha value is -2.18. The van der Waals surface area contributed by atoms with Crippen LogP contribution in [0.4, 0.5) is 0 Å². The number of methoxy groups -OCH3 is 1. The number of ether oxygens (including phenoxy) is 2. The summed E-state index contributed by atoms with van der Waals surface area (Å²) >= 11 is 1.72. The van der Waals surface area contributed by atoms with Gasteiger partial charge in [-0.3, -0.25) is 9.69 Å². The molecule has 0 radical (unpaired) electrons. The zero-order valence-corrected chi connectivity index (χ0v) is 17.0. The first-order valence-electron chi connectivity index (χ1n) is 9.75. The number of rotatable bonds is 6. The maximum atomic E-state index is 12.9. The molecule has 1 amide bonds. The Bertz CT molecular complexity index is 779. The Labute approximate surface area is 170 Å². The average Bonchev–Trinajstić information content (AvgIpc) is 3.18. The van der Waals surface area contributed by atoms with Gasteiger partial charge in [-0.2, -0.15) is 0 Å². The molecule has 0 aliphatic carbocycles. The number of thioether (sulfide) groups is 1. The summed E-state index contributed by atoms with van der Waals surface area (Å²) in [5.74, 6) is 1.97. The molecule has 1 fully saturated rings. The van der Waals surface area contributed by atoms with Crippen LogP contribution in [0.5, 0.6) is 11.5 Å². The smallest absolute Gasteiger partial charge is 0.236 e. The van der Waals surface area contributed by atoms with Crippen LogP contribution < -0.4 is 9.47 Å². The van der Waals surface area contributed by atoms with Gasteiger partial charge in [-0.1, -0.05) is 18.2 Å². The van der Waals surface area contributed by atoms with Crippen molar-refractivity contribution < 1.29 is 14.3 Å². The summed E-state index contributed by atoms with van der Waals surface area (Å²) in [6.45, 7) is 4.93.